The molecule has 0 aromatic heterocycles. The second-order valence-electron chi connectivity index (χ2n) is 11.7. The highest BCUT2D eigenvalue weighted by atomic mass is 28.4. The molecule has 15 heteroatoms. The van der Waals surface area contributed by atoms with E-state index in [1.165, 1.54) is 0 Å². The van der Waals surface area contributed by atoms with Gasteiger partial charge in [0.25, 0.3) is 0 Å². The molecule has 0 fully saturated rings. The van der Waals surface area contributed by atoms with Crippen molar-refractivity contribution in [1.29, 1.82) is 0 Å². The van der Waals surface area contributed by atoms with E-state index in [0.717, 1.165) is 0 Å². The molecule has 0 atom stereocenters. The first-order chi connectivity index (χ1) is 22.8. The van der Waals surface area contributed by atoms with Crippen LogP contribution in [0.1, 0.15) is 20.8 Å². The van der Waals surface area contributed by atoms with Crippen LogP contribution in [0.2, 0.25) is 18.1 Å². The van der Waals surface area contributed by atoms with E-state index in [2.05, 4.69) is 33.9 Å². The summed E-state index contributed by atoms with van der Waals surface area (Å²) in [6, 6.07) is 0. The van der Waals surface area contributed by atoms with E-state index in [1.54, 1.807) is 0 Å². The molecule has 284 valence electrons. The molecule has 0 aliphatic rings. The van der Waals surface area contributed by atoms with Crippen molar-refractivity contribution in [3.05, 3.63) is 0 Å². The van der Waals surface area contributed by atoms with E-state index >= 15 is 0 Å². The van der Waals surface area contributed by atoms with Crippen molar-refractivity contribution in [2.45, 2.75) is 38.9 Å². The predicted molar refractivity (Wildman–Crippen MR) is 182 cm³/mol. The average molecular weight is 704 g/mol. The van der Waals surface area contributed by atoms with Gasteiger partial charge in [0.15, 0.2) is 8.32 Å². The molecule has 0 aliphatic carbocycles. The van der Waals surface area contributed by atoms with Crippen molar-refractivity contribution in [1.82, 2.24) is 0 Å². The second kappa shape index (κ2) is 35.5. The summed E-state index contributed by atoms with van der Waals surface area (Å²) in [5.74, 6) is 0. The van der Waals surface area contributed by atoms with Gasteiger partial charge in [0.1, 0.15) is 0 Å². The van der Waals surface area contributed by atoms with Gasteiger partial charge in [0.2, 0.25) is 0 Å². The normalized spacial score (nSPS) is 12.4. The van der Waals surface area contributed by atoms with Crippen LogP contribution in [-0.2, 0) is 61.3 Å². The highest BCUT2D eigenvalue weighted by Gasteiger charge is 2.36. The fraction of sp³-hybridized carbons (Fsp3) is 1.00. The molecule has 0 bridgehead atoms. The lowest BCUT2D eigenvalue weighted by Gasteiger charge is -2.36. The summed E-state index contributed by atoms with van der Waals surface area (Å²) < 4.78 is 71.6. The number of rotatable bonds is 39. The summed E-state index contributed by atoms with van der Waals surface area (Å²) in [7, 11) is -1.70. The Bertz CT molecular complexity index is 618. The predicted octanol–water partition coefficient (Wildman–Crippen LogP) is 2.17. The maximum absolute atomic E-state index is 6.08. The summed E-state index contributed by atoms with van der Waals surface area (Å²) in [5.41, 5.74) is 5.33. The Labute approximate surface area is 285 Å². The number of nitrogens with two attached hydrogens (primary N) is 1. The van der Waals surface area contributed by atoms with Crippen molar-refractivity contribution < 1.29 is 61.3 Å². The lowest BCUT2D eigenvalue weighted by Crippen LogP contribution is -2.41. The number of hydrogen-bond donors (Lipinski definition) is 1. The number of ether oxygens (including phenoxy) is 12. The Hall–Kier alpha value is -0.343. The lowest BCUT2D eigenvalue weighted by molar-refractivity contribution is -0.0285. The third kappa shape index (κ3) is 35.3. The smallest absolute Gasteiger partial charge is 0.192 e. The van der Waals surface area contributed by atoms with Crippen LogP contribution in [0.25, 0.3) is 0 Å². The minimum Gasteiger partial charge on any atom is -0.414 e. The van der Waals surface area contributed by atoms with Gasteiger partial charge in [0, 0.05) is 6.54 Å². The first-order valence-corrected chi connectivity index (χ1v) is 20.0. The second-order valence-corrected chi connectivity index (χ2v) is 16.6. The van der Waals surface area contributed by atoms with E-state index in [1.807, 2.05) is 0 Å². The molecule has 0 aromatic carbocycles. The molecule has 0 aliphatic heterocycles. The Morgan fingerprint density at radius 1 is 0.319 bits per heavy atom. The minimum atomic E-state index is -1.70. The van der Waals surface area contributed by atoms with E-state index in [4.69, 9.17) is 67.0 Å². The summed E-state index contributed by atoms with van der Waals surface area (Å²) >= 11 is 0. The Balaban J connectivity index is 3.11. The zero-order valence-electron chi connectivity index (χ0n) is 30.3. The molecule has 0 saturated carbocycles. The van der Waals surface area contributed by atoms with Gasteiger partial charge in [-0.3, -0.25) is 0 Å². The lowest BCUT2D eigenvalue weighted by atomic mass is 10.2. The van der Waals surface area contributed by atoms with E-state index < -0.39 is 8.32 Å². The van der Waals surface area contributed by atoms with E-state index in [9.17, 15) is 0 Å². The van der Waals surface area contributed by atoms with Crippen LogP contribution in [0.4, 0.5) is 0 Å². The maximum atomic E-state index is 6.08. The van der Waals surface area contributed by atoms with Crippen molar-refractivity contribution >= 4 is 8.32 Å². The first kappa shape index (κ1) is 46.7. The summed E-state index contributed by atoms with van der Waals surface area (Å²) in [5, 5.41) is 0.216. The molecule has 0 rings (SSSR count). The zero-order valence-corrected chi connectivity index (χ0v) is 31.3. The van der Waals surface area contributed by atoms with Crippen LogP contribution in [0, 0.1) is 0 Å². The molecule has 14 nitrogen and oxygen atoms in total. The third-order valence-electron chi connectivity index (χ3n) is 6.85. The van der Waals surface area contributed by atoms with Crippen molar-refractivity contribution in [3.63, 3.8) is 0 Å². The fourth-order valence-corrected chi connectivity index (χ4v) is 4.20. The Morgan fingerprint density at radius 2 is 0.489 bits per heavy atom. The van der Waals surface area contributed by atoms with E-state index in [-0.39, 0.29) is 5.04 Å². The van der Waals surface area contributed by atoms with Crippen molar-refractivity contribution in [3.8, 4) is 0 Å². The molecule has 0 saturated heterocycles. The maximum Gasteiger partial charge on any atom is 0.192 e. The van der Waals surface area contributed by atoms with Crippen LogP contribution in [0.3, 0.4) is 0 Å². The quantitative estimate of drug-likeness (QED) is 0.0737. The fourth-order valence-electron chi connectivity index (χ4n) is 3.18. The SMILES string of the molecule is CC(C)(C)[Si](C)(C)OCCOCCOCCOCCOCCOCCOCCOCCOCCOCCOCCOCCOCCN. The average Bonchev–Trinajstić information content (AvgIpc) is 3.03. The van der Waals surface area contributed by atoms with Gasteiger partial charge >= 0.3 is 0 Å². The molecule has 0 amide bonds. The Morgan fingerprint density at radius 3 is 0.660 bits per heavy atom. The van der Waals surface area contributed by atoms with Crippen LogP contribution in [0.5, 0.6) is 0 Å². The van der Waals surface area contributed by atoms with E-state index in [0.29, 0.717) is 172 Å². The Kier molecular flexibility index (Phi) is 35.2. The van der Waals surface area contributed by atoms with Gasteiger partial charge in [-0.2, -0.15) is 0 Å². The van der Waals surface area contributed by atoms with Gasteiger partial charge in [-0.15, -0.1) is 0 Å². The van der Waals surface area contributed by atoms with Crippen LogP contribution in [0.15, 0.2) is 0 Å². The highest BCUT2D eigenvalue weighted by molar-refractivity contribution is 6.74. The van der Waals surface area contributed by atoms with Gasteiger partial charge < -0.3 is 67.0 Å². The standard InChI is InChI=1S/C32H69NO13Si/c1-32(2,3)47(4,5)46-31-30-45-29-28-44-27-26-43-25-24-42-23-22-41-21-20-40-19-18-39-17-16-38-15-14-37-13-12-36-11-10-35-9-8-34-7-6-33/h6-31,33H2,1-5H3. The van der Waals surface area contributed by atoms with Gasteiger partial charge in [-0.1, -0.05) is 20.8 Å². The topological polar surface area (TPSA) is 146 Å². The van der Waals surface area contributed by atoms with Crippen LogP contribution < -0.4 is 5.73 Å². The monoisotopic (exact) mass is 703 g/mol. The molecule has 0 radical (unpaired) electrons. The summed E-state index contributed by atoms with van der Waals surface area (Å²) in [6.07, 6.45) is 0. The molecular weight excluding hydrogens is 634 g/mol. The largest absolute Gasteiger partial charge is 0.414 e. The molecule has 0 aromatic rings. The molecule has 0 unspecified atom stereocenters. The molecular formula is C32H69NO13Si. The van der Waals surface area contributed by atoms with Crippen molar-refractivity contribution in [2.24, 2.45) is 5.73 Å². The molecule has 0 spiro atoms. The first-order valence-electron chi connectivity index (χ1n) is 17.1. The van der Waals surface area contributed by atoms with Gasteiger partial charge in [0.05, 0.1) is 165 Å². The minimum absolute atomic E-state index is 0.216. The third-order valence-corrected chi connectivity index (χ3v) is 11.4. The highest BCUT2D eigenvalue weighted by Crippen LogP contribution is 2.36. The summed E-state index contributed by atoms with van der Waals surface area (Å²) in [6.45, 7) is 25.0. The van der Waals surface area contributed by atoms with Crippen LogP contribution >= 0.6 is 0 Å². The zero-order chi connectivity index (χ0) is 34.6. The molecule has 2 N–H and O–H groups in total. The number of hydrogen-bond acceptors (Lipinski definition) is 14. The summed E-state index contributed by atoms with van der Waals surface area (Å²) in [4.78, 5) is 0. The van der Waals surface area contributed by atoms with Crippen molar-refractivity contribution in [2.75, 3.05) is 172 Å². The van der Waals surface area contributed by atoms with Gasteiger partial charge in [-0.25, -0.2) is 0 Å². The molecule has 47 heavy (non-hydrogen) atoms. The van der Waals surface area contributed by atoms with Crippen LogP contribution in [-0.4, -0.2) is 180 Å². The van der Waals surface area contributed by atoms with Gasteiger partial charge in [-0.05, 0) is 18.1 Å². The molecule has 0 heterocycles.